The maximum Gasteiger partial charge on any atom is 0.236 e. The number of hydrogen-bond acceptors (Lipinski definition) is 3. The largest absolute Gasteiger partial charge is 0.491 e. The predicted molar refractivity (Wildman–Crippen MR) is 52.3 cm³/mol. The minimum Gasteiger partial charge on any atom is -0.491 e. The van der Waals surface area contributed by atoms with Crippen LogP contribution < -0.4 is 10.2 Å². The molecule has 0 unspecified atom stereocenters. The second kappa shape index (κ2) is 3.90. The van der Waals surface area contributed by atoms with Crippen LogP contribution in [0.25, 0.3) is 0 Å². The molecule has 0 fully saturated rings. The molecule has 0 aliphatic heterocycles. The van der Waals surface area contributed by atoms with Crippen LogP contribution in [0.1, 0.15) is 5.69 Å². The number of methoxy groups -OCH3 is 1. The average Bonchev–Trinajstić information content (AvgIpc) is 2.10. The standard InChI is InChI=1S/C7H8INO3/c1-12-5-2-9-4(3-10)6(8)7(5)11/h2,10H,3H2,1H3,(H,9,11). The predicted octanol–water partition coefficient (Wildman–Crippen LogP) is 0.480. The van der Waals surface area contributed by atoms with E-state index in [1.165, 1.54) is 13.3 Å². The van der Waals surface area contributed by atoms with Crippen LogP contribution >= 0.6 is 22.6 Å². The van der Waals surface area contributed by atoms with Gasteiger partial charge in [-0.2, -0.15) is 0 Å². The van der Waals surface area contributed by atoms with Crippen molar-refractivity contribution < 1.29 is 9.84 Å². The molecule has 0 aliphatic rings. The molecule has 0 bridgehead atoms. The molecule has 0 saturated heterocycles. The lowest BCUT2D eigenvalue weighted by atomic mass is 10.3. The molecule has 0 spiro atoms. The van der Waals surface area contributed by atoms with Gasteiger partial charge in [0.1, 0.15) is 0 Å². The Labute approximate surface area is 82.7 Å². The Morgan fingerprint density at radius 3 is 2.92 bits per heavy atom. The molecular formula is C7H8INO3. The summed E-state index contributed by atoms with van der Waals surface area (Å²) in [6.07, 6.45) is 1.44. The molecule has 1 rings (SSSR count). The van der Waals surface area contributed by atoms with Crippen LogP contribution in [0, 0.1) is 3.57 Å². The number of pyridine rings is 1. The van der Waals surface area contributed by atoms with Gasteiger partial charge in [0.05, 0.1) is 23.0 Å². The van der Waals surface area contributed by atoms with Crippen molar-refractivity contribution in [2.24, 2.45) is 0 Å². The van der Waals surface area contributed by atoms with Crippen molar-refractivity contribution in [2.75, 3.05) is 7.11 Å². The lowest BCUT2D eigenvalue weighted by molar-refractivity contribution is 0.275. The number of nitrogens with one attached hydrogen (secondary N) is 1. The van der Waals surface area contributed by atoms with E-state index in [4.69, 9.17) is 9.84 Å². The summed E-state index contributed by atoms with van der Waals surface area (Å²) in [6, 6.07) is 0. The fourth-order valence-corrected chi connectivity index (χ4v) is 1.39. The van der Waals surface area contributed by atoms with Crippen LogP contribution in [-0.4, -0.2) is 17.2 Å². The van der Waals surface area contributed by atoms with Crippen LogP contribution in [0.4, 0.5) is 0 Å². The molecule has 0 amide bonds. The zero-order valence-corrected chi connectivity index (χ0v) is 8.58. The van der Waals surface area contributed by atoms with Gasteiger partial charge in [-0.05, 0) is 22.6 Å². The molecule has 1 heterocycles. The summed E-state index contributed by atoms with van der Waals surface area (Å²) in [6.45, 7) is -0.169. The van der Waals surface area contributed by atoms with E-state index in [1.807, 2.05) is 22.6 Å². The summed E-state index contributed by atoms with van der Waals surface area (Å²) in [5.41, 5.74) is 0.322. The van der Waals surface area contributed by atoms with Gasteiger partial charge in [-0.15, -0.1) is 0 Å². The van der Waals surface area contributed by atoms with Crippen molar-refractivity contribution in [1.82, 2.24) is 4.98 Å². The van der Waals surface area contributed by atoms with Gasteiger partial charge in [0.15, 0.2) is 5.75 Å². The van der Waals surface area contributed by atoms with Gasteiger partial charge in [0.25, 0.3) is 0 Å². The highest BCUT2D eigenvalue weighted by Crippen LogP contribution is 2.09. The summed E-state index contributed by atoms with van der Waals surface area (Å²) in [4.78, 5) is 14.1. The Hall–Kier alpha value is -0.560. The average molecular weight is 281 g/mol. The SMILES string of the molecule is COc1c[nH]c(CO)c(I)c1=O. The zero-order valence-electron chi connectivity index (χ0n) is 6.43. The van der Waals surface area contributed by atoms with Gasteiger partial charge in [-0.1, -0.05) is 0 Å². The number of H-pyrrole nitrogens is 1. The van der Waals surface area contributed by atoms with E-state index in [0.717, 1.165) is 0 Å². The molecular weight excluding hydrogens is 273 g/mol. The molecule has 0 aliphatic carbocycles. The number of aromatic amines is 1. The highest BCUT2D eigenvalue weighted by molar-refractivity contribution is 14.1. The molecule has 1 aromatic rings. The topological polar surface area (TPSA) is 62.3 Å². The maximum atomic E-state index is 11.3. The van der Waals surface area contributed by atoms with Gasteiger partial charge >= 0.3 is 0 Å². The summed E-state index contributed by atoms with van der Waals surface area (Å²) in [5.74, 6) is 0.261. The van der Waals surface area contributed by atoms with Gasteiger partial charge in [0, 0.05) is 6.20 Å². The minimum atomic E-state index is -0.194. The second-order valence-corrected chi connectivity index (χ2v) is 3.22. The Kier molecular flexibility index (Phi) is 3.10. The van der Waals surface area contributed by atoms with E-state index in [2.05, 4.69) is 4.98 Å². The lowest BCUT2D eigenvalue weighted by Crippen LogP contribution is -2.13. The number of hydrogen-bond donors (Lipinski definition) is 2. The van der Waals surface area contributed by atoms with Crippen LogP contribution in [0.3, 0.4) is 0 Å². The molecule has 0 aromatic carbocycles. The summed E-state index contributed by atoms with van der Waals surface area (Å²) >= 11 is 1.87. The number of aromatic nitrogens is 1. The number of halogens is 1. The molecule has 12 heavy (non-hydrogen) atoms. The molecule has 2 N–H and O–H groups in total. The van der Waals surface area contributed by atoms with E-state index in [1.54, 1.807) is 0 Å². The Morgan fingerprint density at radius 2 is 2.42 bits per heavy atom. The lowest BCUT2D eigenvalue weighted by Gasteiger charge is -2.02. The van der Waals surface area contributed by atoms with Gasteiger partial charge in [0.2, 0.25) is 5.43 Å². The first kappa shape index (κ1) is 9.53. The molecule has 1 aromatic heterocycles. The van der Waals surface area contributed by atoms with Crippen molar-refractivity contribution in [3.63, 3.8) is 0 Å². The van der Waals surface area contributed by atoms with E-state index in [0.29, 0.717) is 9.26 Å². The number of aliphatic hydroxyl groups is 1. The first-order valence-corrected chi connectivity index (χ1v) is 4.33. The van der Waals surface area contributed by atoms with Crippen molar-refractivity contribution in [3.8, 4) is 5.75 Å². The van der Waals surface area contributed by atoms with E-state index < -0.39 is 0 Å². The van der Waals surface area contributed by atoms with E-state index in [-0.39, 0.29) is 17.8 Å². The monoisotopic (exact) mass is 281 g/mol. The van der Waals surface area contributed by atoms with Gasteiger partial charge in [-0.25, -0.2) is 0 Å². The first-order valence-electron chi connectivity index (χ1n) is 3.25. The molecule has 0 atom stereocenters. The third kappa shape index (κ3) is 1.61. The van der Waals surface area contributed by atoms with E-state index >= 15 is 0 Å². The smallest absolute Gasteiger partial charge is 0.236 e. The van der Waals surface area contributed by atoms with Crippen molar-refractivity contribution in [1.29, 1.82) is 0 Å². The number of ether oxygens (including phenoxy) is 1. The fraction of sp³-hybridized carbons (Fsp3) is 0.286. The first-order chi connectivity index (χ1) is 5.70. The minimum absolute atomic E-state index is 0.169. The van der Waals surface area contributed by atoms with Crippen molar-refractivity contribution in [2.45, 2.75) is 6.61 Å². The maximum absolute atomic E-state index is 11.3. The van der Waals surface area contributed by atoms with E-state index in [9.17, 15) is 4.79 Å². The summed E-state index contributed by atoms with van der Waals surface area (Å²) < 4.78 is 5.26. The zero-order chi connectivity index (χ0) is 9.14. The van der Waals surface area contributed by atoms with Gasteiger partial charge < -0.3 is 14.8 Å². The van der Waals surface area contributed by atoms with Crippen molar-refractivity contribution in [3.05, 3.63) is 25.7 Å². The molecule has 0 saturated carbocycles. The third-order valence-corrected chi connectivity index (χ3v) is 2.58. The van der Waals surface area contributed by atoms with Crippen LogP contribution in [0.2, 0.25) is 0 Å². The van der Waals surface area contributed by atoms with Crippen LogP contribution in [-0.2, 0) is 6.61 Å². The Bertz CT molecular complexity index is 334. The van der Waals surface area contributed by atoms with Crippen molar-refractivity contribution >= 4 is 22.6 Å². The van der Waals surface area contributed by atoms with Crippen LogP contribution in [0.5, 0.6) is 5.75 Å². The second-order valence-electron chi connectivity index (χ2n) is 2.14. The third-order valence-electron chi connectivity index (χ3n) is 1.44. The summed E-state index contributed by atoms with van der Waals surface area (Å²) in [5, 5.41) is 8.79. The quantitative estimate of drug-likeness (QED) is 0.775. The Balaban J connectivity index is 3.30. The number of rotatable bonds is 2. The normalized spacial score (nSPS) is 9.92. The molecule has 66 valence electrons. The molecule has 4 nitrogen and oxygen atoms in total. The molecule has 0 radical (unpaired) electrons. The molecule has 5 heteroatoms. The highest BCUT2D eigenvalue weighted by Gasteiger charge is 2.07. The fourth-order valence-electron chi connectivity index (χ4n) is 0.793. The Morgan fingerprint density at radius 1 is 1.75 bits per heavy atom. The summed E-state index contributed by atoms with van der Waals surface area (Å²) in [7, 11) is 1.43. The number of aliphatic hydroxyl groups excluding tert-OH is 1. The van der Waals surface area contributed by atoms with Crippen LogP contribution in [0.15, 0.2) is 11.0 Å². The highest BCUT2D eigenvalue weighted by atomic mass is 127. The van der Waals surface area contributed by atoms with Gasteiger partial charge in [-0.3, -0.25) is 4.79 Å².